The molecule has 1 aliphatic heterocycles. The third-order valence-electron chi connectivity index (χ3n) is 3.94. The third-order valence-corrected chi connectivity index (χ3v) is 3.94. The molecule has 2 N–H and O–H groups in total. The fourth-order valence-electron chi connectivity index (χ4n) is 2.81. The van der Waals surface area contributed by atoms with Crippen LogP contribution >= 0.6 is 12.4 Å². The monoisotopic (exact) mass is 290 g/mol. The summed E-state index contributed by atoms with van der Waals surface area (Å²) >= 11 is 0. The van der Waals surface area contributed by atoms with Gasteiger partial charge in [-0.1, -0.05) is 12.8 Å². The Morgan fingerprint density at radius 3 is 2.68 bits per heavy atom. The molecule has 19 heavy (non-hydrogen) atoms. The number of hydrogen-bond acceptors (Lipinski definition) is 3. The lowest BCUT2D eigenvalue weighted by atomic mass is 9.99. The summed E-state index contributed by atoms with van der Waals surface area (Å²) in [5.41, 5.74) is 0. The summed E-state index contributed by atoms with van der Waals surface area (Å²) in [7, 11) is 0. The molecule has 2 aliphatic rings. The molecule has 1 saturated carbocycles. The van der Waals surface area contributed by atoms with Crippen LogP contribution in [0.4, 0.5) is 0 Å². The number of ether oxygens (including phenoxy) is 1. The van der Waals surface area contributed by atoms with E-state index < -0.39 is 0 Å². The van der Waals surface area contributed by atoms with Gasteiger partial charge in [-0.25, -0.2) is 0 Å². The lowest BCUT2D eigenvalue weighted by molar-refractivity contribution is -0.125. The van der Waals surface area contributed by atoms with E-state index in [2.05, 4.69) is 10.6 Å². The van der Waals surface area contributed by atoms with Crippen LogP contribution in [-0.2, 0) is 9.53 Å². The first-order valence-electron chi connectivity index (χ1n) is 7.46. The van der Waals surface area contributed by atoms with Gasteiger partial charge in [-0.3, -0.25) is 4.79 Å². The van der Waals surface area contributed by atoms with E-state index in [1.807, 2.05) is 0 Å². The molecule has 2 rings (SSSR count). The quantitative estimate of drug-likeness (QED) is 0.734. The number of nitrogens with one attached hydrogen (secondary N) is 2. The van der Waals surface area contributed by atoms with Crippen LogP contribution in [0.2, 0.25) is 0 Å². The van der Waals surface area contributed by atoms with Crippen molar-refractivity contribution in [2.24, 2.45) is 5.92 Å². The van der Waals surface area contributed by atoms with E-state index in [-0.39, 0.29) is 24.2 Å². The summed E-state index contributed by atoms with van der Waals surface area (Å²) in [5.74, 6) is 0.387. The van der Waals surface area contributed by atoms with E-state index in [4.69, 9.17) is 4.74 Å². The Morgan fingerprint density at radius 1 is 1.21 bits per heavy atom. The molecule has 0 bridgehead atoms. The van der Waals surface area contributed by atoms with Crippen molar-refractivity contribution in [1.29, 1.82) is 0 Å². The summed E-state index contributed by atoms with van der Waals surface area (Å²) in [5, 5.41) is 6.29. The van der Waals surface area contributed by atoms with Crippen molar-refractivity contribution in [3.63, 3.8) is 0 Å². The van der Waals surface area contributed by atoms with Gasteiger partial charge in [0.2, 0.25) is 5.91 Å². The van der Waals surface area contributed by atoms with Crippen molar-refractivity contribution in [3.8, 4) is 0 Å². The maximum absolute atomic E-state index is 11.8. The van der Waals surface area contributed by atoms with Crippen molar-refractivity contribution in [2.45, 2.75) is 51.0 Å². The highest BCUT2D eigenvalue weighted by Crippen LogP contribution is 2.20. The topological polar surface area (TPSA) is 50.4 Å². The molecule has 1 unspecified atom stereocenters. The number of carbonyl (C=O) groups excluding carboxylic acids is 1. The molecule has 1 saturated heterocycles. The number of halogens is 1. The average molecular weight is 291 g/mol. The molecule has 0 aromatic rings. The number of carbonyl (C=O) groups is 1. The molecule has 4 nitrogen and oxygen atoms in total. The van der Waals surface area contributed by atoms with Gasteiger partial charge in [-0.2, -0.15) is 0 Å². The van der Waals surface area contributed by atoms with E-state index in [1.54, 1.807) is 0 Å². The highest BCUT2D eigenvalue weighted by atomic mass is 35.5. The van der Waals surface area contributed by atoms with E-state index >= 15 is 0 Å². The molecular formula is C14H27ClN2O2. The molecule has 0 spiro atoms. The number of piperidine rings is 1. The first kappa shape index (κ1) is 16.7. The van der Waals surface area contributed by atoms with Crippen LogP contribution in [0, 0.1) is 5.92 Å². The van der Waals surface area contributed by atoms with Crippen molar-refractivity contribution in [2.75, 3.05) is 26.2 Å². The van der Waals surface area contributed by atoms with E-state index in [0.29, 0.717) is 6.10 Å². The second-order valence-corrected chi connectivity index (χ2v) is 5.47. The van der Waals surface area contributed by atoms with Gasteiger partial charge in [-0.15, -0.1) is 12.4 Å². The zero-order chi connectivity index (χ0) is 12.6. The molecule has 1 heterocycles. The van der Waals surface area contributed by atoms with Crippen molar-refractivity contribution < 1.29 is 9.53 Å². The van der Waals surface area contributed by atoms with Crippen LogP contribution < -0.4 is 10.6 Å². The zero-order valence-electron chi connectivity index (χ0n) is 11.7. The number of amides is 1. The molecule has 0 aromatic carbocycles. The second-order valence-electron chi connectivity index (χ2n) is 5.47. The largest absolute Gasteiger partial charge is 0.378 e. The van der Waals surface area contributed by atoms with Crippen LogP contribution in [0.5, 0.6) is 0 Å². The molecule has 0 radical (unpaired) electrons. The molecule has 1 atom stereocenters. The van der Waals surface area contributed by atoms with Gasteiger partial charge in [0.15, 0.2) is 0 Å². The summed E-state index contributed by atoms with van der Waals surface area (Å²) in [4.78, 5) is 11.8. The lowest BCUT2D eigenvalue weighted by Crippen LogP contribution is -2.40. The van der Waals surface area contributed by atoms with Crippen molar-refractivity contribution >= 4 is 18.3 Å². The molecule has 1 amide bonds. The predicted molar refractivity (Wildman–Crippen MR) is 78.7 cm³/mol. The molecule has 1 aliphatic carbocycles. The molecule has 0 aromatic heterocycles. The van der Waals surface area contributed by atoms with Crippen LogP contribution in [0.3, 0.4) is 0 Å². The summed E-state index contributed by atoms with van der Waals surface area (Å²) in [6.07, 6.45) is 8.64. The lowest BCUT2D eigenvalue weighted by Gasteiger charge is -2.21. The minimum Gasteiger partial charge on any atom is -0.378 e. The van der Waals surface area contributed by atoms with Crippen LogP contribution in [0.1, 0.15) is 44.9 Å². The Morgan fingerprint density at radius 2 is 2.00 bits per heavy atom. The SMILES string of the molecule is Cl.O=C(NCCCOC1CCCC1)C1CCCNC1. The van der Waals surface area contributed by atoms with Crippen LogP contribution in [-0.4, -0.2) is 38.3 Å². The van der Waals surface area contributed by atoms with Gasteiger partial charge < -0.3 is 15.4 Å². The Kier molecular flexibility index (Phi) is 8.42. The predicted octanol–water partition coefficient (Wildman–Crippen LogP) is 1.87. The van der Waals surface area contributed by atoms with Crippen molar-refractivity contribution in [3.05, 3.63) is 0 Å². The maximum Gasteiger partial charge on any atom is 0.224 e. The van der Waals surface area contributed by atoms with Crippen LogP contribution in [0.25, 0.3) is 0 Å². The Balaban J connectivity index is 0.00000180. The van der Waals surface area contributed by atoms with Gasteiger partial charge >= 0.3 is 0 Å². The average Bonchev–Trinajstić information content (AvgIpc) is 2.92. The molecular weight excluding hydrogens is 264 g/mol. The first-order chi connectivity index (χ1) is 8.86. The van der Waals surface area contributed by atoms with E-state index in [0.717, 1.165) is 45.5 Å². The van der Waals surface area contributed by atoms with Gasteiger partial charge in [-0.05, 0) is 38.6 Å². The standard InChI is InChI=1S/C14H26N2O2.ClH/c17-14(12-5-3-8-15-11-12)16-9-4-10-18-13-6-1-2-7-13;/h12-13,15H,1-11H2,(H,16,17);1H. The van der Waals surface area contributed by atoms with Gasteiger partial charge in [0.25, 0.3) is 0 Å². The molecule has 112 valence electrons. The Bertz CT molecular complexity index is 252. The van der Waals surface area contributed by atoms with Crippen molar-refractivity contribution in [1.82, 2.24) is 10.6 Å². The van der Waals surface area contributed by atoms with Gasteiger partial charge in [0.05, 0.1) is 12.0 Å². The third kappa shape index (κ3) is 6.11. The zero-order valence-corrected chi connectivity index (χ0v) is 12.5. The van der Waals surface area contributed by atoms with E-state index in [1.165, 1.54) is 25.7 Å². The number of hydrogen-bond donors (Lipinski definition) is 2. The summed E-state index contributed by atoms with van der Waals surface area (Å²) < 4.78 is 5.77. The van der Waals surface area contributed by atoms with Gasteiger partial charge in [0, 0.05) is 19.7 Å². The second kappa shape index (κ2) is 9.56. The fraction of sp³-hybridized carbons (Fsp3) is 0.929. The summed E-state index contributed by atoms with van der Waals surface area (Å²) in [6, 6.07) is 0. The normalized spacial score (nSPS) is 23.9. The highest BCUT2D eigenvalue weighted by Gasteiger charge is 2.20. The Hall–Kier alpha value is -0.320. The molecule has 5 heteroatoms. The molecule has 2 fully saturated rings. The number of rotatable bonds is 6. The highest BCUT2D eigenvalue weighted by molar-refractivity contribution is 5.85. The minimum absolute atomic E-state index is 0. The van der Waals surface area contributed by atoms with Gasteiger partial charge in [0.1, 0.15) is 0 Å². The Labute approximate surface area is 122 Å². The summed E-state index contributed by atoms with van der Waals surface area (Å²) in [6.45, 7) is 3.43. The smallest absolute Gasteiger partial charge is 0.224 e. The minimum atomic E-state index is 0. The maximum atomic E-state index is 11.8. The fourth-order valence-corrected chi connectivity index (χ4v) is 2.81. The van der Waals surface area contributed by atoms with Crippen LogP contribution in [0.15, 0.2) is 0 Å². The van der Waals surface area contributed by atoms with E-state index in [9.17, 15) is 4.79 Å². The first-order valence-corrected chi connectivity index (χ1v) is 7.46.